The minimum absolute atomic E-state index is 0.0392. The molecule has 0 saturated carbocycles. The van der Waals surface area contributed by atoms with Crippen LogP contribution in [-0.2, 0) is 9.47 Å². The number of ether oxygens (including phenoxy) is 2. The van der Waals surface area contributed by atoms with Crippen LogP contribution in [0.5, 0.6) is 0 Å². The zero-order valence-corrected chi connectivity index (χ0v) is 10.4. The molecule has 2 heterocycles. The van der Waals surface area contributed by atoms with Gasteiger partial charge in [-0.25, -0.2) is 4.79 Å². The van der Waals surface area contributed by atoms with Crippen LogP contribution in [0, 0.1) is 0 Å². The molecule has 0 aromatic carbocycles. The average Bonchev–Trinajstić information content (AvgIpc) is 2.66. The second kappa shape index (κ2) is 4.24. The summed E-state index contributed by atoms with van der Waals surface area (Å²) in [5.74, 6) is 0. The Labute approximate surface area is 96.9 Å². The van der Waals surface area contributed by atoms with Crippen molar-refractivity contribution in [2.45, 2.75) is 57.8 Å². The molecule has 0 unspecified atom stereocenters. The first-order chi connectivity index (χ1) is 7.46. The van der Waals surface area contributed by atoms with E-state index in [0.29, 0.717) is 6.04 Å². The van der Waals surface area contributed by atoms with E-state index in [1.807, 2.05) is 20.8 Å². The summed E-state index contributed by atoms with van der Waals surface area (Å²) in [6, 6.07) is 0.438. The van der Waals surface area contributed by atoms with Gasteiger partial charge in [0, 0.05) is 12.6 Å². The first-order valence-corrected chi connectivity index (χ1v) is 6.09. The van der Waals surface area contributed by atoms with E-state index in [9.17, 15) is 4.79 Å². The van der Waals surface area contributed by atoms with Gasteiger partial charge in [0.15, 0.2) is 0 Å². The molecular formula is C12H21NO3. The Balaban J connectivity index is 1.83. The zero-order chi connectivity index (χ0) is 11.8. The first-order valence-electron chi connectivity index (χ1n) is 6.09. The van der Waals surface area contributed by atoms with Crippen molar-refractivity contribution in [2.24, 2.45) is 0 Å². The SMILES string of the molecule is CC(C)(C)OC(=O)O[C@@H]1CCN2CCC[C@@H]12. The summed E-state index contributed by atoms with van der Waals surface area (Å²) >= 11 is 0. The maximum absolute atomic E-state index is 11.5. The van der Waals surface area contributed by atoms with Crippen LogP contribution in [-0.4, -0.2) is 41.9 Å². The summed E-state index contributed by atoms with van der Waals surface area (Å²) in [5, 5.41) is 0. The third kappa shape index (κ3) is 2.67. The smallest absolute Gasteiger partial charge is 0.429 e. The van der Waals surface area contributed by atoms with Crippen LogP contribution in [0.4, 0.5) is 4.79 Å². The molecule has 0 aromatic heterocycles. The van der Waals surface area contributed by atoms with Crippen molar-refractivity contribution in [2.75, 3.05) is 13.1 Å². The summed E-state index contributed by atoms with van der Waals surface area (Å²) in [4.78, 5) is 14.0. The second-order valence-corrected chi connectivity index (χ2v) is 5.65. The van der Waals surface area contributed by atoms with E-state index in [2.05, 4.69) is 4.90 Å². The first kappa shape index (κ1) is 11.7. The zero-order valence-electron chi connectivity index (χ0n) is 10.4. The maximum Gasteiger partial charge on any atom is 0.509 e. The Morgan fingerprint density at radius 1 is 1.25 bits per heavy atom. The molecule has 0 radical (unpaired) electrons. The van der Waals surface area contributed by atoms with Crippen molar-refractivity contribution in [3.8, 4) is 0 Å². The number of rotatable bonds is 1. The summed E-state index contributed by atoms with van der Waals surface area (Å²) in [6.07, 6.45) is 2.83. The van der Waals surface area contributed by atoms with Gasteiger partial charge in [-0.05, 0) is 46.6 Å². The Bertz CT molecular complexity index is 272. The highest BCUT2D eigenvalue weighted by molar-refractivity contribution is 5.60. The molecule has 92 valence electrons. The molecular weight excluding hydrogens is 206 g/mol. The second-order valence-electron chi connectivity index (χ2n) is 5.65. The molecule has 4 heteroatoms. The van der Waals surface area contributed by atoms with Gasteiger partial charge in [0.2, 0.25) is 0 Å². The number of carbonyl (C=O) groups excluding carboxylic acids is 1. The van der Waals surface area contributed by atoms with Crippen LogP contribution in [0.2, 0.25) is 0 Å². The summed E-state index contributed by atoms with van der Waals surface area (Å²) in [7, 11) is 0. The Hall–Kier alpha value is -0.770. The van der Waals surface area contributed by atoms with Gasteiger partial charge in [0.1, 0.15) is 11.7 Å². The summed E-state index contributed by atoms with van der Waals surface area (Å²) < 4.78 is 10.6. The highest BCUT2D eigenvalue weighted by atomic mass is 16.7. The topological polar surface area (TPSA) is 38.8 Å². The minimum atomic E-state index is -0.522. The number of hydrogen-bond acceptors (Lipinski definition) is 4. The molecule has 4 nitrogen and oxygen atoms in total. The molecule has 2 aliphatic heterocycles. The molecule has 0 amide bonds. The van der Waals surface area contributed by atoms with Gasteiger partial charge < -0.3 is 9.47 Å². The fourth-order valence-electron chi connectivity index (χ4n) is 2.57. The molecule has 2 aliphatic rings. The number of nitrogens with zero attached hydrogens (tertiary/aromatic N) is 1. The number of hydrogen-bond donors (Lipinski definition) is 0. The number of carbonyl (C=O) groups is 1. The lowest BCUT2D eigenvalue weighted by atomic mass is 10.1. The lowest BCUT2D eigenvalue weighted by molar-refractivity contribution is -0.0313. The van der Waals surface area contributed by atoms with Crippen molar-refractivity contribution in [3.63, 3.8) is 0 Å². The third-order valence-electron chi connectivity index (χ3n) is 3.18. The predicted molar refractivity (Wildman–Crippen MR) is 60.3 cm³/mol. The molecule has 2 fully saturated rings. The van der Waals surface area contributed by atoms with E-state index in [4.69, 9.17) is 9.47 Å². The Morgan fingerprint density at radius 3 is 2.69 bits per heavy atom. The average molecular weight is 227 g/mol. The van der Waals surface area contributed by atoms with Crippen LogP contribution in [0.15, 0.2) is 0 Å². The van der Waals surface area contributed by atoms with E-state index in [0.717, 1.165) is 25.9 Å². The Kier molecular flexibility index (Phi) is 3.10. The minimum Gasteiger partial charge on any atom is -0.429 e. The van der Waals surface area contributed by atoms with E-state index in [1.165, 1.54) is 6.42 Å². The van der Waals surface area contributed by atoms with Gasteiger partial charge in [-0.3, -0.25) is 4.90 Å². The lowest BCUT2D eigenvalue weighted by Crippen LogP contribution is -2.34. The summed E-state index contributed by atoms with van der Waals surface area (Å²) in [5.41, 5.74) is -0.467. The molecule has 0 spiro atoms. The van der Waals surface area contributed by atoms with Crippen molar-refractivity contribution < 1.29 is 14.3 Å². The third-order valence-corrected chi connectivity index (χ3v) is 3.18. The molecule has 2 rings (SSSR count). The molecule has 0 aromatic rings. The quantitative estimate of drug-likeness (QED) is 0.644. The fraction of sp³-hybridized carbons (Fsp3) is 0.917. The number of fused-ring (bicyclic) bond motifs is 1. The fourth-order valence-corrected chi connectivity index (χ4v) is 2.57. The van der Waals surface area contributed by atoms with Crippen LogP contribution in [0.1, 0.15) is 40.0 Å². The van der Waals surface area contributed by atoms with Crippen molar-refractivity contribution in [3.05, 3.63) is 0 Å². The highest BCUT2D eigenvalue weighted by Crippen LogP contribution is 2.30. The van der Waals surface area contributed by atoms with Crippen LogP contribution in [0.25, 0.3) is 0 Å². The largest absolute Gasteiger partial charge is 0.509 e. The van der Waals surface area contributed by atoms with Gasteiger partial charge in [-0.15, -0.1) is 0 Å². The van der Waals surface area contributed by atoms with Crippen molar-refractivity contribution >= 4 is 6.16 Å². The summed E-state index contributed by atoms with van der Waals surface area (Å²) in [6.45, 7) is 7.76. The molecule has 16 heavy (non-hydrogen) atoms. The molecule has 0 bridgehead atoms. The van der Waals surface area contributed by atoms with Crippen LogP contribution in [0.3, 0.4) is 0 Å². The lowest BCUT2D eigenvalue weighted by Gasteiger charge is -2.23. The normalized spacial score (nSPS) is 30.2. The molecule has 0 aliphatic carbocycles. The van der Waals surface area contributed by atoms with Crippen molar-refractivity contribution in [1.29, 1.82) is 0 Å². The van der Waals surface area contributed by atoms with Gasteiger partial charge in [0.25, 0.3) is 0 Å². The van der Waals surface area contributed by atoms with E-state index >= 15 is 0 Å². The van der Waals surface area contributed by atoms with E-state index < -0.39 is 11.8 Å². The maximum atomic E-state index is 11.5. The standard InChI is InChI=1S/C12H21NO3/c1-12(2,3)16-11(14)15-10-6-8-13-7-4-5-9(10)13/h9-10H,4-8H2,1-3H3/t9-,10+/m0/s1. The van der Waals surface area contributed by atoms with Crippen molar-refractivity contribution in [1.82, 2.24) is 4.90 Å². The van der Waals surface area contributed by atoms with Crippen LogP contribution < -0.4 is 0 Å². The van der Waals surface area contributed by atoms with Gasteiger partial charge in [0.05, 0.1) is 0 Å². The predicted octanol–water partition coefficient (Wildman–Crippen LogP) is 2.17. The highest BCUT2D eigenvalue weighted by Gasteiger charge is 2.40. The van der Waals surface area contributed by atoms with Gasteiger partial charge >= 0.3 is 6.16 Å². The monoisotopic (exact) mass is 227 g/mol. The van der Waals surface area contributed by atoms with E-state index in [1.54, 1.807) is 0 Å². The molecule has 0 N–H and O–H groups in total. The molecule has 2 atom stereocenters. The van der Waals surface area contributed by atoms with Gasteiger partial charge in [-0.1, -0.05) is 0 Å². The van der Waals surface area contributed by atoms with Gasteiger partial charge in [-0.2, -0.15) is 0 Å². The molecule has 2 saturated heterocycles. The van der Waals surface area contributed by atoms with E-state index in [-0.39, 0.29) is 6.10 Å². The van der Waals surface area contributed by atoms with Crippen LogP contribution >= 0.6 is 0 Å². The Morgan fingerprint density at radius 2 is 2.00 bits per heavy atom.